The molecule has 12 heteroatoms. The van der Waals surface area contributed by atoms with Crippen molar-refractivity contribution in [2.45, 2.75) is 64.6 Å². The number of pyridine rings is 1. The van der Waals surface area contributed by atoms with Crippen LogP contribution in [0.5, 0.6) is 0 Å². The van der Waals surface area contributed by atoms with Gasteiger partial charge in [0.05, 0.1) is 38.0 Å². The Morgan fingerprint density at radius 1 is 1.00 bits per heavy atom. The molecule has 246 valence electrons. The molecule has 1 aliphatic heterocycles. The molecule has 3 aliphatic rings. The van der Waals surface area contributed by atoms with E-state index in [0.717, 1.165) is 61.8 Å². The van der Waals surface area contributed by atoms with Gasteiger partial charge in [0.25, 0.3) is 17.4 Å². The SMILES string of the molecule is CCn1c(C(=O)NCc2ccc(Cl)c(Nc3nc4cc(C(=O)NC5CCCCC5)c(N5CC6CC6C5)cc4n3C)c2Cl)cccc1=O. The minimum Gasteiger partial charge on any atom is -0.370 e. The number of aromatic nitrogens is 3. The number of aryl methyl sites for hydroxylation is 1. The number of hydrogen-bond acceptors (Lipinski definition) is 6. The van der Waals surface area contributed by atoms with E-state index >= 15 is 0 Å². The molecule has 2 atom stereocenters. The topological polar surface area (TPSA) is 113 Å². The summed E-state index contributed by atoms with van der Waals surface area (Å²) in [7, 11) is 1.92. The van der Waals surface area contributed by atoms with E-state index in [-0.39, 0.29) is 35.7 Å². The van der Waals surface area contributed by atoms with E-state index in [1.165, 1.54) is 23.5 Å². The molecule has 1 saturated heterocycles. The lowest BCUT2D eigenvalue weighted by Gasteiger charge is -2.26. The zero-order valence-corrected chi connectivity index (χ0v) is 28.1. The van der Waals surface area contributed by atoms with E-state index in [0.29, 0.717) is 44.9 Å². The van der Waals surface area contributed by atoms with Crippen LogP contribution in [-0.2, 0) is 20.1 Å². The van der Waals surface area contributed by atoms with Crippen LogP contribution in [0, 0.1) is 11.8 Å². The zero-order chi connectivity index (χ0) is 32.8. The Morgan fingerprint density at radius 2 is 1.77 bits per heavy atom. The molecule has 2 aromatic heterocycles. The molecule has 3 N–H and O–H groups in total. The van der Waals surface area contributed by atoms with Crippen LogP contribution in [0.3, 0.4) is 0 Å². The number of fused-ring (bicyclic) bond motifs is 2. The maximum absolute atomic E-state index is 13.7. The minimum absolute atomic E-state index is 0.0400. The van der Waals surface area contributed by atoms with E-state index < -0.39 is 0 Å². The predicted octanol–water partition coefficient (Wildman–Crippen LogP) is 6.25. The summed E-state index contributed by atoms with van der Waals surface area (Å²) in [5.74, 6) is 1.53. The zero-order valence-electron chi connectivity index (χ0n) is 26.6. The van der Waals surface area contributed by atoms with E-state index in [1.54, 1.807) is 24.3 Å². The van der Waals surface area contributed by atoms with Crippen LogP contribution in [0.4, 0.5) is 17.3 Å². The summed E-state index contributed by atoms with van der Waals surface area (Å²) in [5.41, 5.74) is 4.33. The Morgan fingerprint density at radius 3 is 2.51 bits per heavy atom. The maximum Gasteiger partial charge on any atom is 0.268 e. The molecule has 47 heavy (non-hydrogen) atoms. The van der Waals surface area contributed by atoms with E-state index in [9.17, 15) is 14.4 Å². The van der Waals surface area contributed by atoms with Crippen molar-refractivity contribution in [1.82, 2.24) is 24.8 Å². The van der Waals surface area contributed by atoms with Gasteiger partial charge < -0.3 is 30.0 Å². The fraction of sp³-hybridized carbons (Fsp3) is 0.429. The number of rotatable bonds is 9. The molecule has 0 radical (unpaired) electrons. The van der Waals surface area contributed by atoms with Crippen LogP contribution in [-0.4, -0.2) is 45.1 Å². The van der Waals surface area contributed by atoms with Crippen molar-refractivity contribution < 1.29 is 9.59 Å². The van der Waals surface area contributed by atoms with Crippen molar-refractivity contribution >= 4 is 63.4 Å². The summed E-state index contributed by atoms with van der Waals surface area (Å²) in [6, 6.07) is 12.3. The lowest BCUT2D eigenvalue weighted by Crippen LogP contribution is -2.37. The number of nitrogens with zero attached hydrogens (tertiary/aromatic N) is 4. The Hall–Kier alpha value is -4.02. The quantitative estimate of drug-likeness (QED) is 0.193. The second-order valence-corrected chi connectivity index (χ2v) is 13.8. The molecule has 10 nitrogen and oxygen atoms in total. The predicted molar refractivity (Wildman–Crippen MR) is 186 cm³/mol. The van der Waals surface area contributed by atoms with Gasteiger partial charge in [-0.05, 0) is 67.9 Å². The average molecular weight is 677 g/mol. The molecular weight excluding hydrogens is 637 g/mol. The molecule has 0 spiro atoms. The molecule has 0 bridgehead atoms. The summed E-state index contributed by atoms with van der Waals surface area (Å²) in [5, 5.41) is 10.2. The molecule has 2 unspecified atom stereocenters. The molecule has 7 rings (SSSR count). The fourth-order valence-corrected chi connectivity index (χ4v) is 7.69. The standard InChI is InChI=1S/C35H39Cl2N7O3/c1-3-44-27(10-7-11-30(44)45)34(47)38-17-20-12-13-25(36)32(31(20)37)41-35-40-26-15-24(33(46)39-23-8-5-4-6-9-23)28(16-29(26)42(35)2)43-18-21-14-22(21)19-43/h7,10-13,15-16,21-23H,3-6,8-9,14,17-19H2,1-2H3,(H,38,47)(H,39,46)(H,40,41). The average Bonchev–Trinajstić information content (AvgIpc) is 3.56. The second-order valence-electron chi connectivity index (χ2n) is 13.0. The number of hydrogen-bond donors (Lipinski definition) is 3. The van der Waals surface area contributed by atoms with Gasteiger partial charge >= 0.3 is 0 Å². The number of piperidine rings is 1. The van der Waals surface area contributed by atoms with Crippen molar-refractivity contribution in [2.75, 3.05) is 23.3 Å². The first-order valence-electron chi connectivity index (χ1n) is 16.5. The smallest absolute Gasteiger partial charge is 0.268 e. The summed E-state index contributed by atoms with van der Waals surface area (Å²) in [4.78, 5) is 46.1. The first-order chi connectivity index (χ1) is 22.7. The molecule has 3 heterocycles. The Labute approximate surface area is 283 Å². The number of benzene rings is 2. The van der Waals surface area contributed by atoms with Gasteiger partial charge in [0.2, 0.25) is 5.95 Å². The Bertz CT molecular complexity index is 1920. The molecule has 2 saturated carbocycles. The van der Waals surface area contributed by atoms with Gasteiger partial charge in [-0.1, -0.05) is 54.6 Å². The van der Waals surface area contributed by atoms with E-state index in [4.69, 9.17) is 28.2 Å². The number of nitrogens with one attached hydrogen (secondary N) is 3. The van der Waals surface area contributed by atoms with Gasteiger partial charge in [0.1, 0.15) is 5.69 Å². The third kappa shape index (κ3) is 6.21. The van der Waals surface area contributed by atoms with Gasteiger partial charge in [-0.2, -0.15) is 0 Å². The van der Waals surface area contributed by atoms with Crippen LogP contribution in [0.15, 0.2) is 47.3 Å². The molecule has 3 fully saturated rings. The number of anilines is 3. The highest BCUT2D eigenvalue weighted by Crippen LogP contribution is 2.47. The third-order valence-corrected chi connectivity index (χ3v) is 10.7. The highest BCUT2D eigenvalue weighted by atomic mass is 35.5. The van der Waals surface area contributed by atoms with Crippen LogP contribution in [0.2, 0.25) is 10.0 Å². The highest BCUT2D eigenvalue weighted by Gasteiger charge is 2.45. The summed E-state index contributed by atoms with van der Waals surface area (Å²) >= 11 is 13.5. The minimum atomic E-state index is -0.380. The summed E-state index contributed by atoms with van der Waals surface area (Å²) in [6.07, 6.45) is 6.84. The second kappa shape index (κ2) is 12.9. The number of carbonyl (C=O) groups is 2. The molecule has 2 aromatic carbocycles. The first kappa shape index (κ1) is 31.6. The number of carbonyl (C=O) groups excluding carboxylic acids is 2. The van der Waals surface area contributed by atoms with Crippen LogP contribution in [0.25, 0.3) is 11.0 Å². The van der Waals surface area contributed by atoms with Crippen molar-refractivity contribution in [1.29, 1.82) is 0 Å². The van der Waals surface area contributed by atoms with Crippen LogP contribution in [0.1, 0.15) is 71.9 Å². The summed E-state index contributed by atoms with van der Waals surface area (Å²) in [6.45, 7) is 4.26. The van der Waals surface area contributed by atoms with Gasteiger partial charge in [-0.25, -0.2) is 4.98 Å². The Balaban J connectivity index is 1.16. The molecule has 4 aromatic rings. The van der Waals surface area contributed by atoms with Gasteiger partial charge in [0.15, 0.2) is 0 Å². The van der Waals surface area contributed by atoms with E-state index in [1.807, 2.05) is 24.6 Å². The van der Waals surface area contributed by atoms with Gasteiger partial charge in [-0.15, -0.1) is 0 Å². The highest BCUT2D eigenvalue weighted by molar-refractivity contribution is 6.39. The van der Waals surface area contributed by atoms with Crippen molar-refractivity contribution in [3.05, 3.63) is 79.7 Å². The summed E-state index contributed by atoms with van der Waals surface area (Å²) < 4.78 is 3.36. The Kier molecular flexibility index (Phi) is 8.65. The van der Waals surface area contributed by atoms with Crippen LogP contribution >= 0.6 is 23.2 Å². The fourth-order valence-electron chi connectivity index (χ4n) is 7.16. The monoisotopic (exact) mass is 675 g/mol. The van der Waals surface area contributed by atoms with Crippen molar-refractivity contribution in [2.24, 2.45) is 18.9 Å². The normalized spacial score (nSPS) is 19.1. The number of imidazole rings is 1. The number of amides is 2. The van der Waals surface area contributed by atoms with Crippen LogP contribution < -0.4 is 26.4 Å². The first-order valence-corrected chi connectivity index (χ1v) is 17.3. The largest absolute Gasteiger partial charge is 0.370 e. The van der Waals surface area contributed by atoms with E-state index in [2.05, 4.69) is 26.9 Å². The lowest BCUT2D eigenvalue weighted by atomic mass is 9.95. The molecule has 2 aliphatic carbocycles. The third-order valence-electron chi connectivity index (χ3n) is 9.95. The molecule has 2 amide bonds. The van der Waals surface area contributed by atoms with Gasteiger partial charge in [0, 0.05) is 45.3 Å². The van der Waals surface area contributed by atoms with Crippen molar-refractivity contribution in [3.8, 4) is 0 Å². The van der Waals surface area contributed by atoms with Gasteiger partial charge in [-0.3, -0.25) is 14.4 Å². The molecular formula is C35H39Cl2N7O3. The maximum atomic E-state index is 13.7. The van der Waals surface area contributed by atoms with Crippen molar-refractivity contribution in [3.63, 3.8) is 0 Å². The number of halogens is 2. The lowest BCUT2D eigenvalue weighted by molar-refractivity contribution is 0.0924.